The number of benzene rings is 3. The minimum absolute atomic E-state index is 0.0162. The van der Waals surface area contributed by atoms with Crippen LogP contribution in [-0.4, -0.2) is 14.5 Å². The second kappa shape index (κ2) is 6.48. The van der Waals surface area contributed by atoms with E-state index in [1.165, 1.54) is 4.70 Å². The lowest BCUT2D eigenvalue weighted by atomic mass is 10.1. The lowest BCUT2D eigenvalue weighted by Gasteiger charge is -2.09. The summed E-state index contributed by atoms with van der Waals surface area (Å²) in [6.07, 6.45) is 0. The molecule has 4 nitrogen and oxygen atoms in total. The summed E-state index contributed by atoms with van der Waals surface area (Å²) in [5.41, 5.74) is 1.74. The topological polar surface area (TPSA) is 47.8 Å². The van der Waals surface area contributed by atoms with E-state index in [1.807, 2.05) is 54.6 Å². The van der Waals surface area contributed by atoms with Crippen molar-refractivity contribution in [3.05, 3.63) is 76.0 Å². The van der Waals surface area contributed by atoms with Gasteiger partial charge in [0, 0.05) is 7.05 Å². The van der Waals surface area contributed by atoms with Crippen molar-refractivity contribution in [1.29, 1.82) is 0 Å². The number of nitrogens with zero attached hydrogens (tertiary/aromatic N) is 3. The first-order valence-electron chi connectivity index (χ1n) is 8.56. The van der Waals surface area contributed by atoms with Gasteiger partial charge in [-0.15, -0.1) is 11.3 Å². The Bertz CT molecular complexity index is 1340. The van der Waals surface area contributed by atoms with Crippen molar-refractivity contribution < 1.29 is 0 Å². The molecule has 5 aromatic rings. The van der Waals surface area contributed by atoms with Crippen LogP contribution in [-0.2, 0) is 12.8 Å². The molecule has 3 aromatic carbocycles. The van der Waals surface area contributed by atoms with Gasteiger partial charge in [0.1, 0.15) is 5.01 Å². The highest BCUT2D eigenvalue weighted by Gasteiger charge is 2.11. The zero-order chi connectivity index (χ0) is 18.4. The van der Waals surface area contributed by atoms with Gasteiger partial charge in [-0.1, -0.05) is 48.2 Å². The van der Waals surface area contributed by atoms with E-state index in [4.69, 9.17) is 4.98 Å². The van der Waals surface area contributed by atoms with Crippen molar-refractivity contribution in [2.75, 3.05) is 0 Å². The Morgan fingerprint density at radius 2 is 1.70 bits per heavy atom. The third kappa shape index (κ3) is 2.91. The van der Waals surface area contributed by atoms with Crippen molar-refractivity contribution in [2.24, 2.45) is 7.05 Å². The van der Waals surface area contributed by atoms with E-state index < -0.39 is 0 Å². The Morgan fingerprint density at radius 1 is 0.963 bits per heavy atom. The van der Waals surface area contributed by atoms with Crippen LogP contribution in [0.15, 0.2) is 70.6 Å². The van der Waals surface area contributed by atoms with E-state index in [0.29, 0.717) is 16.3 Å². The van der Waals surface area contributed by atoms with Gasteiger partial charge in [0.2, 0.25) is 0 Å². The first kappa shape index (κ1) is 16.5. The Kier molecular flexibility index (Phi) is 3.95. The SMILES string of the molecule is Cn1c(SCc2nc3ccccc3s2)nc2cc3ccccc3cc2c1=O. The van der Waals surface area contributed by atoms with E-state index in [-0.39, 0.29) is 5.56 Å². The van der Waals surface area contributed by atoms with E-state index in [9.17, 15) is 4.79 Å². The van der Waals surface area contributed by atoms with Gasteiger partial charge in [0.15, 0.2) is 5.16 Å². The van der Waals surface area contributed by atoms with Gasteiger partial charge in [-0.2, -0.15) is 0 Å². The summed E-state index contributed by atoms with van der Waals surface area (Å²) < 4.78 is 2.81. The first-order chi connectivity index (χ1) is 13.2. The quantitative estimate of drug-likeness (QED) is 0.248. The summed E-state index contributed by atoms with van der Waals surface area (Å²) in [6, 6.07) is 20.1. The van der Waals surface area contributed by atoms with Gasteiger partial charge in [0.25, 0.3) is 5.56 Å². The molecule has 0 N–H and O–H groups in total. The van der Waals surface area contributed by atoms with Crippen LogP contribution < -0.4 is 5.56 Å². The number of thiazole rings is 1. The van der Waals surface area contributed by atoms with Crippen LogP contribution in [0.3, 0.4) is 0 Å². The fourth-order valence-corrected chi connectivity index (χ4v) is 5.11. The second-order valence-corrected chi connectivity index (χ2v) is 8.40. The molecule has 2 aromatic heterocycles. The highest BCUT2D eigenvalue weighted by Crippen LogP contribution is 2.28. The van der Waals surface area contributed by atoms with E-state index in [1.54, 1.807) is 34.7 Å². The summed E-state index contributed by atoms with van der Waals surface area (Å²) in [4.78, 5) is 22.3. The fraction of sp³-hybridized carbons (Fsp3) is 0.0952. The van der Waals surface area contributed by atoms with Crippen LogP contribution in [0.4, 0.5) is 0 Å². The summed E-state index contributed by atoms with van der Waals surface area (Å²) in [5.74, 6) is 0.693. The fourth-order valence-electron chi connectivity index (χ4n) is 3.17. The predicted molar refractivity (Wildman–Crippen MR) is 114 cm³/mol. The molecule has 132 valence electrons. The summed E-state index contributed by atoms with van der Waals surface area (Å²) in [5, 5.41) is 4.54. The first-order valence-corrected chi connectivity index (χ1v) is 10.4. The molecule has 0 aliphatic heterocycles. The molecule has 0 fully saturated rings. The minimum atomic E-state index is -0.0162. The van der Waals surface area contributed by atoms with Crippen LogP contribution in [0.25, 0.3) is 31.9 Å². The molecular formula is C21H15N3OS2. The van der Waals surface area contributed by atoms with Gasteiger partial charge in [0.05, 0.1) is 26.9 Å². The average molecular weight is 390 g/mol. The average Bonchev–Trinajstić information content (AvgIpc) is 3.11. The zero-order valence-corrected chi connectivity index (χ0v) is 16.2. The number of para-hydroxylation sites is 1. The van der Waals surface area contributed by atoms with Crippen molar-refractivity contribution in [3.8, 4) is 0 Å². The molecule has 0 unspecified atom stereocenters. The molecule has 6 heteroatoms. The lowest BCUT2D eigenvalue weighted by molar-refractivity contribution is 0.726. The predicted octanol–water partition coefficient (Wildman–Crippen LogP) is 4.99. The Balaban J connectivity index is 1.55. The number of thioether (sulfide) groups is 1. The Hall–Kier alpha value is -2.70. The normalized spacial score (nSPS) is 11.6. The molecular weight excluding hydrogens is 374 g/mol. The number of hydrogen-bond acceptors (Lipinski definition) is 5. The molecule has 0 spiro atoms. The monoisotopic (exact) mass is 389 g/mol. The summed E-state index contributed by atoms with van der Waals surface area (Å²) >= 11 is 3.23. The third-order valence-corrected chi connectivity index (χ3v) is 6.83. The molecule has 0 saturated carbocycles. The van der Waals surface area contributed by atoms with Gasteiger partial charge in [-0.05, 0) is 35.0 Å². The molecule has 0 saturated heterocycles. The summed E-state index contributed by atoms with van der Waals surface area (Å²) in [7, 11) is 1.78. The molecule has 5 rings (SSSR count). The largest absolute Gasteiger partial charge is 0.290 e. The Morgan fingerprint density at radius 3 is 2.52 bits per heavy atom. The van der Waals surface area contributed by atoms with Crippen LogP contribution >= 0.6 is 23.1 Å². The van der Waals surface area contributed by atoms with E-state index in [2.05, 4.69) is 11.1 Å². The zero-order valence-electron chi connectivity index (χ0n) is 14.5. The standard InChI is InChI=1S/C21H15N3OS2/c1-24-20(25)15-10-13-6-2-3-7-14(13)11-17(15)23-21(24)26-12-19-22-16-8-4-5-9-18(16)27-19/h2-11H,12H2,1H3. The third-order valence-electron chi connectivity index (χ3n) is 4.57. The maximum atomic E-state index is 12.8. The molecule has 0 bridgehead atoms. The van der Waals surface area contributed by atoms with Gasteiger partial charge in [-0.3, -0.25) is 9.36 Å². The number of rotatable bonds is 3. The van der Waals surface area contributed by atoms with E-state index in [0.717, 1.165) is 26.8 Å². The number of aromatic nitrogens is 3. The molecule has 0 radical (unpaired) electrons. The van der Waals surface area contributed by atoms with Crippen LogP contribution in [0.2, 0.25) is 0 Å². The molecule has 0 aliphatic rings. The molecule has 27 heavy (non-hydrogen) atoms. The van der Waals surface area contributed by atoms with Crippen LogP contribution in [0.1, 0.15) is 5.01 Å². The van der Waals surface area contributed by atoms with E-state index >= 15 is 0 Å². The lowest BCUT2D eigenvalue weighted by Crippen LogP contribution is -2.20. The maximum Gasteiger partial charge on any atom is 0.261 e. The van der Waals surface area contributed by atoms with Crippen molar-refractivity contribution in [1.82, 2.24) is 14.5 Å². The minimum Gasteiger partial charge on any atom is -0.290 e. The summed E-state index contributed by atoms with van der Waals surface area (Å²) in [6.45, 7) is 0. The number of fused-ring (bicyclic) bond motifs is 3. The van der Waals surface area contributed by atoms with Crippen molar-refractivity contribution >= 4 is 55.0 Å². The molecule has 2 heterocycles. The molecule has 0 atom stereocenters. The van der Waals surface area contributed by atoms with Crippen LogP contribution in [0.5, 0.6) is 0 Å². The highest BCUT2D eigenvalue weighted by molar-refractivity contribution is 7.98. The molecule has 0 amide bonds. The van der Waals surface area contributed by atoms with Crippen LogP contribution in [0, 0.1) is 0 Å². The highest BCUT2D eigenvalue weighted by atomic mass is 32.2. The second-order valence-electron chi connectivity index (χ2n) is 6.34. The molecule has 0 aliphatic carbocycles. The van der Waals surface area contributed by atoms with Gasteiger partial charge in [-0.25, -0.2) is 9.97 Å². The van der Waals surface area contributed by atoms with Gasteiger partial charge >= 0.3 is 0 Å². The van der Waals surface area contributed by atoms with Crippen molar-refractivity contribution in [2.45, 2.75) is 10.9 Å². The smallest absolute Gasteiger partial charge is 0.261 e. The maximum absolute atomic E-state index is 12.8. The Labute approximate surface area is 163 Å². The van der Waals surface area contributed by atoms with Crippen molar-refractivity contribution in [3.63, 3.8) is 0 Å². The van der Waals surface area contributed by atoms with Gasteiger partial charge < -0.3 is 0 Å². The number of hydrogen-bond donors (Lipinski definition) is 0.